The second-order valence-corrected chi connectivity index (χ2v) is 1.64. The van der Waals surface area contributed by atoms with Gasteiger partial charge in [0.15, 0.2) is 0 Å². The van der Waals surface area contributed by atoms with Gasteiger partial charge in [-0.05, 0) is 0 Å². The van der Waals surface area contributed by atoms with Crippen LogP contribution in [0.4, 0.5) is 0 Å². The number of nitriles is 1. The van der Waals surface area contributed by atoms with Crippen LogP contribution in [0.1, 0.15) is 0 Å². The van der Waals surface area contributed by atoms with E-state index in [1.165, 1.54) is 14.2 Å². The number of ether oxygens (including phenoxy) is 3. The first-order chi connectivity index (χ1) is 4.29. The van der Waals surface area contributed by atoms with E-state index < -0.39 is 12.1 Å². The first-order valence-electron chi connectivity index (χ1n) is 2.47. The van der Waals surface area contributed by atoms with Crippen molar-refractivity contribution in [3.63, 3.8) is 0 Å². The molecule has 0 N–H and O–H groups in total. The van der Waals surface area contributed by atoms with Crippen LogP contribution in [0.2, 0.25) is 0 Å². The molecule has 1 heterocycles. The van der Waals surface area contributed by atoms with Crippen molar-refractivity contribution in [2.45, 2.75) is 12.1 Å². The van der Waals surface area contributed by atoms with Crippen LogP contribution in [0.5, 0.6) is 0 Å². The SMILES string of the molecule is COC1(OC)OC1C#N. The van der Waals surface area contributed by atoms with Gasteiger partial charge in [-0.25, -0.2) is 0 Å². The van der Waals surface area contributed by atoms with E-state index in [4.69, 9.17) is 19.5 Å². The predicted octanol–water partition coefficient (Wildman–Crippen LogP) is -0.145. The third-order valence-corrected chi connectivity index (χ3v) is 1.23. The lowest BCUT2D eigenvalue weighted by atomic mass is 10.5. The fourth-order valence-corrected chi connectivity index (χ4v) is 0.629. The molecule has 0 saturated carbocycles. The smallest absolute Gasteiger partial charge is 0.326 e. The standard InChI is InChI=1S/C5H7NO3/c1-7-5(8-2)4(3-6)9-5/h4H,1-2H3. The minimum absolute atomic E-state index is 0.563. The number of rotatable bonds is 2. The molecule has 1 atom stereocenters. The number of methoxy groups -OCH3 is 2. The van der Waals surface area contributed by atoms with Crippen LogP contribution in [0.25, 0.3) is 0 Å². The molecule has 1 saturated heterocycles. The third-order valence-electron chi connectivity index (χ3n) is 1.23. The van der Waals surface area contributed by atoms with Gasteiger partial charge in [0.1, 0.15) is 6.07 Å². The molecule has 1 aliphatic rings. The molecule has 4 nitrogen and oxygen atoms in total. The Bertz CT molecular complexity index is 147. The number of hydrogen-bond acceptors (Lipinski definition) is 4. The zero-order valence-electron chi connectivity index (χ0n) is 5.25. The minimum atomic E-state index is -1.06. The van der Waals surface area contributed by atoms with Crippen LogP contribution in [-0.2, 0) is 14.2 Å². The molecule has 50 valence electrons. The molecule has 4 heteroatoms. The van der Waals surface area contributed by atoms with Gasteiger partial charge in [-0.2, -0.15) is 5.26 Å². The Morgan fingerprint density at radius 2 is 2.11 bits per heavy atom. The number of epoxide rings is 1. The Hall–Kier alpha value is -0.630. The van der Waals surface area contributed by atoms with E-state index in [9.17, 15) is 0 Å². The van der Waals surface area contributed by atoms with Crippen LogP contribution in [0.3, 0.4) is 0 Å². The summed E-state index contributed by atoms with van der Waals surface area (Å²) in [4.78, 5) is 0. The van der Waals surface area contributed by atoms with Gasteiger partial charge in [-0.1, -0.05) is 0 Å². The summed E-state index contributed by atoms with van der Waals surface area (Å²) in [5.41, 5.74) is 0. The Labute approximate surface area is 52.9 Å². The Kier molecular flexibility index (Phi) is 1.41. The van der Waals surface area contributed by atoms with Crippen molar-refractivity contribution >= 4 is 0 Å². The maximum Gasteiger partial charge on any atom is 0.326 e. The summed E-state index contributed by atoms with van der Waals surface area (Å²) in [6.07, 6.45) is -0.563. The molecule has 0 aromatic heterocycles. The second kappa shape index (κ2) is 1.95. The molecule has 0 aromatic rings. The Morgan fingerprint density at radius 3 is 2.22 bits per heavy atom. The average molecular weight is 129 g/mol. The van der Waals surface area contributed by atoms with E-state index in [0.29, 0.717) is 0 Å². The van der Waals surface area contributed by atoms with Crippen molar-refractivity contribution in [2.24, 2.45) is 0 Å². The minimum Gasteiger partial charge on any atom is -0.328 e. The summed E-state index contributed by atoms with van der Waals surface area (Å²) >= 11 is 0. The molecule has 1 aliphatic heterocycles. The summed E-state index contributed by atoms with van der Waals surface area (Å²) in [5.74, 6) is -1.06. The van der Waals surface area contributed by atoms with Gasteiger partial charge in [0.25, 0.3) is 0 Å². The molecule has 1 fully saturated rings. The molecule has 1 rings (SSSR count). The van der Waals surface area contributed by atoms with Crippen molar-refractivity contribution in [3.05, 3.63) is 0 Å². The summed E-state index contributed by atoms with van der Waals surface area (Å²) in [6, 6.07) is 1.86. The predicted molar refractivity (Wildman–Crippen MR) is 27.2 cm³/mol. The maximum absolute atomic E-state index is 8.27. The monoisotopic (exact) mass is 129 g/mol. The largest absolute Gasteiger partial charge is 0.328 e. The van der Waals surface area contributed by atoms with Crippen molar-refractivity contribution < 1.29 is 14.2 Å². The van der Waals surface area contributed by atoms with Crippen LogP contribution in [-0.4, -0.2) is 26.3 Å². The van der Waals surface area contributed by atoms with Gasteiger partial charge in [0.2, 0.25) is 6.10 Å². The summed E-state index contributed by atoms with van der Waals surface area (Å²) < 4.78 is 14.2. The highest BCUT2D eigenvalue weighted by Gasteiger charge is 2.60. The topological polar surface area (TPSA) is 54.8 Å². The van der Waals surface area contributed by atoms with Crippen LogP contribution in [0, 0.1) is 11.3 Å². The van der Waals surface area contributed by atoms with Crippen LogP contribution >= 0.6 is 0 Å². The first-order valence-corrected chi connectivity index (χ1v) is 2.47. The zero-order valence-corrected chi connectivity index (χ0v) is 5.25. The van der Waals surface area contributed by atoms with Gasteiger partial charge in [-0.15, -0.1) is 0 Å². The van der Waals surface area contributed by atoms with Crippen molar-refractivity contribution in [3.8, 4) is 6.07 Å². The van der Waals surface area contributed by atoms with Gasteiger partial charge in [0, 0.05) is 14.2 Å². The molecule has 0 bridgehead atoms. The molecule has 0 amide bonds. The molecule has 0 aromatic carbocycles. The summed E-state index contributed by atoms with van der Waals surface area (Å²) in [5, 5.41) is 8.27. The van der Waals surface area contributed by atoms with Crippen molar-refractivity contribution in [1.82, 2.24) is 0 Å². The van der Waals surface area contributed by atoms with E-state index in [0.717, 1.165) is 0 Å². The van der Waals surface area contributed by atoms with Crippen molar-refractivity contribution in [1.29, 1.82) is 5.26 Å². The van der Waals surface area contributed by atoms with Gasteiger partial charge >= 0.3 is 5.97 Å². The highest BCUT2D eigenvalue weighted by atomic mass is 16.9. The first kappa shape index (κ1) is 6.49. The molecule has 9 heavy (non-hydrogen) atoms. The zero-order chi connectivity index (χ0) is 6.91. The summed E-state index contributed by atoms with van der Waals surface area (Å²) in [6.45, 7) is 0. The van der Waals surface area contributed by atoms with E-state index in [1.807, 2.05) is 6.07 Å². The lowest BCUT2D eigenvalue weighted by molar-refractivity contribution is -0.195. The van der Waals surface area contributed by atoms with E-state index in [1.54, 1.807) is 0 Å². The molecular weight excluding hydrogens is 122 g/mol. The fourth-order valence-electron chi connectivity index (χ4n) is 0.629. The lowest BCUT2D eigenvalue weighted by Crippen LogP contribution is -2.19. The van der Waals surface area contributed by atoms with Gasteiger partial charge < -0.3 is 9.47 Å². The van der Waals surface area contributed by atoms with E-state index >= 15 is 0 Å². The highest BCUT2D eigenvalue weighted by molar-refractivity contribution is 5.03. The Morgan fingerprint density at radius 1 is 1.56 bits per heavy atom. The van der Waals surface area contributed by atoms with E-state index in [-0.39, 0.29) is 0 Å². The fraction of sp³-hybridized carbons (Fsp3) is 0.800. The van der Waals surface area contributed by atoms with E-state index in [2.05, 4.69) is 0 Å². The summed E-state index contributed by atoms with van der Waals surface area (Å²) in [7, 11) is 2.86. The molecule has 0 spiro atoms. The highest BCUT2D eigenvalue weighted by Crippen LogP contribution is 2.36. The quantitative estimate of drug-likeness (QED) is 0.384. The number of hydrogen-bond donors (Lipinski definition) is 0. The van der Waals surface area contributed by atoms with Crippen LogP contribution < -0.4 is 0 Å². The maximum atomic E-state index is 8.27. The van der Waals surface area contributed by atoms with Gasteiger partial charge in [0.05, 0.1) is 0 Å². The average Bonchev–Trinajstić information content (AvgIpc) is 2.63. The third kappa shape index (κ3) is 0.793. The second-order valence-electron chi connectivity index (χ2n) is 1.64. The molecule has 0 radical (unpaired) electrons. The normalized spacial score (nSPS) is 29.2. The molecule has 0 aliphatic carbocycles. The molecular formula is C5H7NO3. The molecule has 1 unspecified atom stereocenters. The lowest BCUT2D eigenvalue weighted by Gasteiger charge is -2.03. The Balaban J connectivity index is 2.49. The number of nitrogens with zero attached hydrogens (tertiary/aromatic N) is 1. The van der Waals surface area contributed by atoms with Crippen molar-refractivity contribution in [2.75, 3.05) is 14.2 Å². The van der Waals surface area contributed by atoms with Crippen LogP contribution in [0.15, 0.2) is 0 Å². The van der Waals surface area contributed by atoms with Gasteiger partial charge in [-0.3, -0.25) is 4.74 Å².